The van der Waals surface area contributed by atoms with Gasteiger partial charge in [0.15, 0.2) is 0 Å². The van der Waals surface area contributed by atoms with E-state index in [0.717, 1.165) is 11.0 Å². The minimum Gasteiger partial charge on any atom is -0.495 e. The van der Waals surface area contributed by atoms with E-state index in [9.17, 15) is 0 Å². The number of benzene rings is 1. The predicted octanol–water partition coefficient (Wildman–Crippen LogP) is 0.656. The number of aromatic nitrogens is 2. The second kappa shape index (κ2) is 3.43. The van der Waals surface area contributed by atoms with E-state index in [1.807, 2.05) is 13.1 Å². The second-order valence-corrected chi connectivity index (χ2v) is 3.29. The average molecular weight is 207 g/mol. The molecule has 2 rings (SSSR count). The smallest absolute Gasteiger partial charge is 0.144 e. The number of anilines is 1. The van der Waals surface area contributed by atoms with E-state index in [4.69, 9.17) is 15.6 Å². The highest BCUT2D eigenvalue weighted by atomic mass is 16.5. The fourth-order valence-electron chi connectivity index (χ4n) is 1.68. The molecule has 0 radical (unpaired) electrons. The number of fused-ring (bicyclic) bond motifs is 1. The molecule has 0 amide bonds. The van der Waals surface area contributed by atoms with Gasteiger partial charge in [-0.2, -0.15) is 0 Å². The van der Waals surface area contributed by atoms with Gasteiger partial charge in [0, 0.05) is 7.05 Å². The third-order valence-corrected chi connectivity index (χ3v) is 2.49. The Balaban J connectivity index is 2.79. The van der Waals surface area contributed by atoms with E-state index < -0.39 is 0 Å². The van der Waals surface area contributed by atoms with Gasteiger partial charge in [0.2, 0.25) is 0 Å². The lowest BCUT2D eigenvalue weighted by Crippen LogP contribution is -2.00. The lowest BCUT2D eigenvalue weighted by Gasteiger charge is -2.06. The number of hydrogen-bond acceptors (Lipinski definition) is 4. The number of nitrogens with zero attached hydrogens (tertiary/aromatic N) is 2. The Labute approximate surface area is 87.1 Å². The van der Waals surface area contributed by atoms with Gasteiger partial charge in [-0.05, 0) is 12.1 Å². The quantitative estimate of drug-likeness (QED) is 0.709. The number of hydrogen-bond donors (Lipinski definition) is 2. The van der Waals surface area contributed by atoms with Gasteiger partial charge < -0.3 is 20.1 Å². The maximum absolute atomic E-state index is 9.08. The molecule has 1 aromatic heterocycles. The Morgan fingerprint density at radius 2 is 2.27 bits per heavy atom. The molecule has 0 atom stereocenters. The minimum absolute atomic E-state index is 0.104. The number of rotatable bonds is 2. The Kier molecular flexibility index (Phi) is 2.24. The van der Waals surface area contributed by atoms with Crippen LogP contribution in [0, 0.1) is 0 Å². The van der Waals surface area contributed by atoms with Crippen LogP contribution in [0.1, 0.15) is 5.82 Å². The molecule has 0 aliphatic rings. The molecule has 0 spiro atoms. The highest BCUT2D eigenvalue weighted by Crippen LogP contribution is 2.30. The van der Waals surface area contributed by atoms with Crippen molar-refractivity contribution in [3.8, 4) is 5.75 Å². The maximum Gasteiger partial charge on any atom is 0.144 e. The van der Waals surface area contributed by atoms with Gasteiger partial charge in [0.1, 0.15) is 23.9 Å². The van der Waals surface area contributed by atoms with Crippen LogP contribution in [-0.2, 0) is 13.7 Å². The highest BCUT2D eigenvalue weighted by molar-refractivity contribution is 5.91. The zero-order chi connectivity index (χ0) is 11.0. The van der Waals surface area contributed by atoms with Gasteiger partial charge in [-0.3, -0.25) is 0 Å². The molecule has 2 aromatic rings. The summed E-state index contributed by atoms with van der Waals surface area (Å²) in [5.74, 6) is 1.21. The first-order valence-corrected chi connectivity index (χ1v) is 4.57. The van der Waals surface area contributed by atoms with Gasteiger partial charge in [-0.15, -0.1) is 0 Å². The van der Waals surface area contributed by atoms with Crippen molar-refractivity contribution in [2.75, 3.05) is 12.8 Å². The van der Waals surface area contributed by atoms with Crippen LogP contribution in [0.2, 0.25) is 0 Å². The molecule has 80 valence electrons. The van der Waals surface area contributed by atoms with Crippen LogP contribution < -0.4 is 10.5 Å². The molecule has 0 unspecified atom stereocenters. The number of methoxy groups -OCH3 is 1. The summed E-state index contributed by atoms with van der Waals surface area (Å²) < 4.78 is 6.89. The topological polar surface area (TPSA) is 73.3 Å². The number of aryl methyl sites for hydroxylation is 1. The standard InChI is InChI=1S/C10H13N3O2/c1-13-8(5-14)12-6-3-4-7(15-2)9(11)10(6)13/h3-4,14H,5,11H2,1-2H3. The lowest BCUT2D eigenvalue weighted by atomic mass is 10.2. The highest BCUT2D eigenvalue weighted by Gasteiger charge is 2.12. The van der Waals surface area contributed by atoms with Crippen molar-refractivity contribution in [3.63, 3.8) is 0 Å². The Morgan fingerprint density at radius 1 is 1.53 bits per heavy atom. The van der Waals surface area contributed by atoms with Gasteiger partial charge in [0.25, 0.3) is 0 Å². The number of nitrogen functional groups attached to an aromatic ring is 1. The summed E-state index contributed by atoms with van der Waals surface area (Å²) in [6, 6.07) is 3.59. The normalized spacial score (nSPS) is 10.9. The Morgan fingerprint density at radius 3 is 2.87 bits per heavy atom. The monoisotopic (exact) mass is 207 g/mol. The van der Waals surface area contributed by atoms with Crippen LogP contribution in [0.15, 0.2) is 12.1 Å². The molecule has 1 heterocycles. The molecule has 0 saturated heterocycles. The molecule has 0 aliphatic heterocycles. The van der Waals surface area contributed by atoms with Crippen LogP contribution in [0.25, 0.3) is 11.0 Å². The molecule has 1 aromatic carbocycles. The minimum atomic E-state index is -0.104. The molecule has 0 aliphatic carbocycles. The number of nitrogens with two attached hydrogens (primary N) is 1. The summed E-state index contributed by atoms with van der Waals surface area (Å²) in [5, 5.41) is 9.08. The SMILES string of the molecule is COc1ccc2nc(CO)n(C)c2c1N. The van der Waals surface area contributed by atoms with Crippen molar-refractivity contribution in [2.24, 2.45) is 7.05 Å². The first-order chi connectivity index (χ1) is 7.19. The van der Waals surface area contributed by atoms with Crippen LogP contribution in [0.5, 0.6) is 5.75 Å². The van der Waals surface area contributed by atoms with E-state index in [2.05, 4.69) is 4.98 Å². The Bertz CT molecular complexity index is 503. The van der Waals surface area contributed by atoms with Crippen LogP contribution >= 0.6 is 0 Å². The van der Waals surface area contributed by atoms with Crippen molar-refractivity contribution in [1.82, 2.24) is 9.55 Å². The fraction of sp³-hybridized carbons (Fsp3) is 0.300. The summed E-state index contributed by atoms with van der Waals surface area (Å²) >= 11 is 0. The summed E-state index contributed by atoms with van der Waals surface area (Å²) in [7, 11) is 3.39. The van der Waals surface area contributed by atoms with Gasteiger partial charge in [-0.1, -0.05) is 0 Å². The largest absolute Gasteiger partial charge is 0.495 e. The molecule has 0 saturated carbocycles. The van der Waals surface area contributed by atoms with Crippen molar-refractivity contribution in [2.45, 2.75) is 6.61 Å². The van der Waals surface area contributed by atoms with E-state index >= 15 is 0 Å². The number of ether oxygens (including phenoxy) is 1. The predicted molar refractivity (Wildman–Crippen MR) is 57.6 cm³/mol. The third kappa shape index (κ3) is 1.32. The van der Waals surface area contributed by atoms with Gasteiger partial charge in [0.05, 0.1) is 18.1 Å². The van der Waals surface area contributed by atoms with Crippen molar-refractivity contribution >= 4 is 16.7 Å². The molecule has 0 fully saturated rings. The molecule has 5 nitrogen and oxygen atoms in total. The molecular formula is C10H13N3O2. The van der Waals surface area contributed by atoms with Crippen molar-refractivity contribution < 1.29 is 9.84 Å². The summed E-state index contributed by atoms with van der Waals surface area (Å²) in [6.45, 7) is -0.104. The van der Waals surface area contributed by atoms with Crippen LogP contribution in [0.4, 0.5) is 5.69 Å². The fourth-order valence-corrected chi connectivity index (χ4v) is 1.68. The van der Waals surface area contributed by atoms with Crippen LogP contribution in [0.3, 0.4) is 0 Å². The van der Waals surface area contributed by atoms with E-state index in [0.29, 0.717) is 17.3 Å². The zero-order valence-electron chi connectivity index (χ0n) is 8.69. The first-order valence-electron chi connectivity index (χ1n) is 4.57. The summed E-state index contributed by atoms with van der Waals surface area (Å²) in [6.07, 6.45) is 0. The molecule has 3 N–H and O–H groups in total. The summed E-state index contributed by atoms with van der Waals surface area (Å²) in [4.78, 5) is 4.24. The van der Waals surface area contributed by atoms with E-state index in [1.54, 1.807) is 17.7 Å². The van der Waals surface area contributed by atoms with Crippen molar-refractivity contribution in [3.05, 3.63) is 18.0 Å². The van der Waals surface area contributed by atoms with Crippen molar-refractivity contribution in [1.29, 1.82) is 0 Å². The lowest BCUT2D eigenvalue weighted by molar-refractivity contribution is 0.268. The number of imidazole rings is 1. The third-order valence-electron chi connectivity index (χ3n) is 2.49. The maximum atomic E-state index is 9.08. The van der Waals surface area contributed by atoms with E-state index in [-0.39, 0.29) is 6.61 Å². The molecular weight excluding hydrogens is 194 g/mol. The summed E-state index contributed by atoms with van der Waals surface area (Å²) in [5.41, 5.74) is 8.03. The van der Waals surface area contributed by atoms with Gasteiger partial charge >= 0.3 is 0 Å². The second-order valence-electron chi connectivity index (χ2n) is 3.29. The van der Waals surface area contributed by atoms with E-state index in [1.165, 1.54) is 0 Å². The van der Waals surface area contributed by atoms with Crippen LogP contribution in [-0.4, -0.2) is 21.8 Å². The number of aliphatic hydroxyl groups excluding tert-OH is 1. The first kappa shape index (κ1) is 9.79. The molecule has 15 heavy (non-hydrogen) atoms. The average Bonchev–Trinajstić information content (AvgIpc) is 2.57. The molecule has 5 heteroatoms. The zero-order valence-corrected chi connectivity index (χ0v) is 8.69. The Hall–Kier alpha value is -1.75. The van der Waals surface area contributed by atoms with Gasteiger partial charge in [-0.25, -0.2) is 4.98 Å². The number of aliphatic hydroxyl groups is 1. The molecule has 0 bridgehead atoms.